The van der Waals surface area contributed by atoms with Gasteiger partial charge in [-0.3, -0.25) is 0 Å². The van der Waals surface area contributed by atoms with E-state index in [-0.39, 0.29) is 0 Å². The summed E-state index contributed by atoms with van der Waals surface area (Å²) in [7, 11) is 0. The normalized spacial score (nSPS) is 16.1. The van der Waals surface area contributed by atoms with E-state index in [9.17, 15) is 0 Å². The Hall–Kier alpha value is -2.32. The van der Waals surface area contributed by atoms with Crippen LogP contribution in [0.4, 0.5) is 0 Å². The van der Waals surface area contributed by atoms with Gasteiger partial charge in [-0.05, 0) is 53.6 Å². The molecule has 1 heterocycles. The zero-order valence-electron chi connectivity index (χ0n) is 12.6. The third-order valence-corrected chi connectivity index (χ3v) is 4.53. The second-order valence-electron chi connectivity index (χ2n) is 5.86. The molecule has 4 rings (SSSR count). The van der Waals surface area contributed by atoms with Gasteiger partial charge in [-0.1, -0.05) is 48.0 Å². The molecular weight excluding hydrogens is 306 g/mol. The van der Waals surface area contributed by atoms with Gasteiger partial charge in [0.05, 0.1) is 5.02 Å². The SMILES string of the molecule is Clc1ccc(Oc2ccc3c(c2)CC(c2ccccc2)C3)nc1. The number of aromatic nitrogens is 1. The van der Waals surface area contributed by atoms with Gasteiger partial charge in [0.1, 0.15) is 5.75 Å². The summed E-state index contributed by atoms with van der Waals surface area (Å²) >= 11 is 5.85. The molecule has 2 nitrogen and oxygen atoms in total. The lowest BCUT2D eigenvalue weighted by Gasteiger charge is -2.08. The summed E-state index contributed by atoms with van der Waals surface area (Å²) in [6.45, 7) is 0. The number of rotatable bonds is 3. The number of benzene rings is 2. The maximum Gasteiger partial charge on any atom is 0.219 e. The van der Waals surface area contributed by atoms with E-state index in [1.165, 1.54) is 16.7 Å². The fraction of sp³-hybridized carbons (Fsp3) is 0.150. The molecule has 3 aromatic rings. The fourth-order valence-corrected chi connectivity index (χ4v) is 3.27. The van der Waals surface area contributed by atoms with Crippen molar-refractivity contribution < 1.29 is 4.74 Å². The van der Waals surface area contributed by atoms with Crippen LogP contribution in [-0.2, 0) is 12.8 Å². The number of fused-ring (bicyclic) bond motifs is 1. The molecule has 0 N–H and O–H groups in total. The number of hydrogen-bond donors (Lipinski definition) is 0. The van der Waals surface area contributed by atoms with Crippen LogP contribution in [0.1, 0.15) is 22.6 Å². The van der Waals surface area contributed by atoms with Gasteiger partial charge < -0.3 is 4.74 Å². The smallest absolute Gasteiger partial charge is 0.219 e. The van der Waals surface area contributed by atoms with Crippen molar-refractivity contribution in [2.24, 2.45) is 0 Å². The molecule has 0 radical (unpaired) electrons. The van der Waals surface area contributed by atoms with Crippen molar-refractivity contribution in [1.82, 2.24) is 4.98 Å². The van der Waals surface area contributed by atoms with Crippen LogP contribution in [0, 0.1) is 0 Å². The Morgan fingerprint density at radius 1 is 0.913 bits per heavy atom. The molecule has 114 valence electrons. The minimum absolute atomic E-state index is 0.562. The summed E-state index contributed by atoms with van der Waals surface area (Å²) in [6.07, 6.45) is 3.75. The summed E-state index contributed by atoms with van der Waals surface area (Å²) in [5, 5.41) is 0.608. The van der Waals surface area contributed by atoms with Crippen LogP contribution in [0.15, 0.2) is 66.9 Å². The second-order valence-corrected chi connectivity index (χ2v) is 6.30. The fourth-order valence-electron chi connectivity index (χ4n) is 3.16. The summed E-state index contributed by atoms with van der Waals surface area (Å²) in [5.74, 6) is 1.95. The van der Waals surface area contributed by atoms with E-state index >= 15 is 0 Å². The third-order valence-electron chi connectivity index (χ3n) is 4.30. The van der Waals surface area contributed by atoms with E-state index in [0.717, 1.165) is 18.6 Å². The van der Waals surface area contributed by atoms with Crippen molar-refractivity contribution in [2.75, 3.05) is 0 Å². The number of hydrogen-bond acceptors (Lipinski definition) is 2. The highest BCUT2D eigenvalue weighted by Gasteiger charge is 2.23. The van der Waals surface area contributed by atoms with E-state index in [2.05, 4.69) is 47.4 Å². The van der Waals surface area contributed by atoms with E-state index < -0.39 is 0 Å². The average Bonchev–Trinajstić information content (AvgIpc) is 3.01. The first-order valence-corrected chi connectivity index (χ1v) is 8.12. The molecule has 1 unspecified atom stereocenters. The predicted octanol–water partition coefficient (Wildman–Crippen LogP) is 5.41. The zero-order chi connectivity index (χ0) is 15.6. The highest BCUT2D eigenvalue weighted by atomic mass is 35.5. The van der Waals surface area contributed by atoms with Crippen LogP contribution in [0.3, 0.4) is 0 Å². The van der Waals surface area contributed by atoms with E-state index in [1.54, 1.807) is 18.3 Å². The van der Waals surface area contributed by atoms with Crippen molar-refractivity contribution in [1.29, 1.82) is 0 Å². The number of halogens is 1. The first kappa shape index (κ1) is 14.3. The molecule has 0 saturated carbocycles. The molecule has 0 bridgehead atoms. The van der Waals surface area contributed by atoms with Gasteiger partial charge in [0.15, 0.2) is 0 Å². The molecule has 3 heteroatoms. The van der Waals surface area contributed by atoms with Crippen molar-refractivity contribution in [3.05, 3.63) is 88.6 Å². The van der Waals surface area contributed by atoms with Gasteiger partial charge in [0, 0.05) is 12.3 Å². The van der Waals surface area contributed by atoms with Crippen LogP contribution in [-0.4, -0.2) is 4.98 Å². The zero-order valence-corrected chi connectivity index (χ0v) is 13.3. The Morgan fingerprint density at radius 3 is 2.52 bits per heavy atom. The van der Waals surface area contributed by atoms with Gasteiger partial charge >= 0.3 is 0 Å². The largest absolute Gasteiger partial charge is 0.439 e. The molecule has 1 atom stereocenters. The predicted molar refractivity (Wildman–Crippen MR) is 92.4 cm³/mol. The Bertz CT molecular complexity index is 815. The van der Waals surface area contributed by atoms with Crippen LogP contribution in [0.25, 0.3) is 0 Å². The van der Waals surface area contributed by atoms with Crippen molar-refractivity contribution in [2.45, 2.75) is 18.8 Å². The summed E-state index contributed by atoms with van der Waals surface area (Å²) in [6, 6.07) is 20.6. The molecule has 0 aliphatic heterocycles. The van der Waals surface area contributed by atoms with Crippen LogP contribution < -0.4 is 4.74 Å². The Balaban J connectivity index is 1.53. The standard InChI is InChI=1S/C20H16ClNO/c21-18-7-9-20(22-13-18)23-19-8-6-15-10-16(11-17(15)12-19)14-4-2-1-3-5-14/h1-9,12-13,16H,10-11H2. The molecule has 1 aromatic heterocycles. The highest BCUT2D eigenvalue weighted by molar-refractivity contribution is 6.30. The van der Waals surface area contributed by atoms with E-state index in [0.29, 0.717) is 16.8 Å². The molecule has 0 amide bonds. The van der Waals surface area contributed by atoms with E-state index in [1.807, 2.05) is 6.07 Å². The topological polar surface area (TPSA) is 22.1 Å². The molecule has 0 saturated heterocycles. The molecular formula is C20H16ClNO. The van der Waals surface area contributed by atoms with Crippen LogP contribution in [0.5, 0.6) is 11.6 Å². The molecule has 1 aliphatic rings. The lowest BCUT2D eigenvalue weighted by molar-refractivity contribution is 0.462. The van der Waals surface area contributed by atoms with Gasteiger partial charge in [0.2, 0.25) is 5.88 Å². The number of ether oxygens (including phenoxy) is 1. The molecule has 1 aliphatic carbocycles. The Kier molecular flexibility index (Phi) is 3.76. The molecule has 0 spiro atoms. The number of nitrogens with zero attached hydrogens (tertiary/aromatic N) is 1. The second kappa shape index (κ2) is 6.05. The first-order valence-electron chi connectivity index (χ1n) is 7.74. The van der Waals surface area contributed by atoms with Gasteiger partial charge in [-0.2, -0.15) is 0 Å². The first-order chi connectivity index (χ1) is 11.3. The summed E-state index contributed by atoms with van der Waals surface area (Å²) in [4.78, 5) is 4.18. The van der Waals surface area contributed by atoms with Crippen LogP contribution in [0.2, 0.25) is 5.02 Å². The van der Waals surface area contributed by atoms with E-state index in [4.69, 9.17) is 16.3 Å². The summed E-state index contributed by atoms with van der Waals surface area (Å²) in [5.41, 5.74) is 4.19. The van der Waals surface area contributed by atoms with Crippen molar-refractivity contribution in [3.8, 4) is 11.6 Å². The maximum atomic E-state index is 5.85. The monoisotopic (exact) mass is 321 g/mol. The average molecular weight is 322 g/mol. The quantitative estimate of drug-likeness (QED) is 0.643. The Labute approximate surface area is 140 Å². The maximum absolute atomic E-state index is 5.85. The lowest BCUT2D eigenvalue weighted by atomic mass is 9.96. The minimum atomic E-state index is 0.562. The molecule has 23 heavy (non-hydrogen) atoms. The highest BCUT2D eigenvalue weighted by Crippen LogP contribution is 2.36. The lowest BCUT2D eigenvalue weighted by Crippen LogP contribution is -1.96. The third kappa shape index (κ3) is 3.08. The molecule has 2 aromatic carbocycles. The van der Waals surface area contributed by atoms with Gasteiger partial charge in [-0.15, -0.1) is 0 Å². The van der Waals surface area contributed by atoms with Gasteiger partial charge in [-0.25, -0.2) is 4.98 Å². The minimum Gasteiger partial charge on any atom is -0.439 e. The van der Waals surface area contributed by atoms with Crippen molar-refractivity contribution in [3.63, 3.8) is 0 Å². The van der Waals surface area contributed by atoms with Gasteiger partial charge in [0.25, 0.3) is 0 Å². The van der Waals surface area contributed by atoms with Crippen molar-refractivity contribution >= 4 is 11.6 Å². The molecule has 0 fully saturated rings. The summed E-state index contributed by atoms with van der Waals surface area (Å²) < 4.78 is 5.83. The Morgan fingerprint density at radius 2 is 1.74 bits per heavy atom. The number of pyridine rings is 1. The van der Waals surface area contributed by atoms with Crippen LogP contribution >= 0.6 is 11.6 Å².